The monoisotopic (exact) mass is 427 g/mol. The summed E-state index contributed by atoms with van der Waals surface area (Å²) in [4.78, 5) is 50.6. The van der Waals surface area contributed by atoms with Gasteiger partial charge < -0.3 is 9.32 Å². The average molecular weight is 427 g/mol. The number of nitro groups is 1. The third-order valence-corrected chi connectivity index (χ3v) is 5.80. The molecule has 1 aromatic carbocycles. The van der Waals surface area contributed by atoms with Gasteiger partial charge in [-0.05, 0) is 42.8 Å². The Morgan fingerprint density at radius 2 is 1.90 bits per heavy atom. The van der Waals surface area contributed by atoms with Gasteiger partial charge in [-0.25, -0.2) is 0 Å². The molecular formula is C20H17N3O6S. The lowest BCUT2D eigenvalue weighted by Gasteiger charge is -2.18. The van der Waals surface area contributed by atoms with Gasteiger partial charge in [-0.15, -0.1) is 0 Å². The third kappa shape index (κ3) is 3.86. The van der Waals surface area contributed by atoms with Crippen LogP contribution in [0.4, 0.5) is 10.5 Å². The number of thioether (sulfide) groups is 1. The summed E-state index contributed by atoms with van der Waals surface area (Å²) in [6.07, 6.45) is 3.26. The molecule has 0 N–H and O–H groups in total. The fourth-order valence-electron chi connectivity index (χ4n) is 3.38. The molecule has 3 amide bonds. The van der Waals surface area contributed by atoms with E-state index in [4.69, 9.17) is 4.42 Å². The highest BCUT2D eigenvalue weighted by atomic mass is 32.2. The number of hydrogen-bond acceptors (Lipinski definition) is 7. The number of carbonyl (C=O) groups excluding carboxylic acids is 3. The molecule has 2 aliphatic rings. The number of benzene rings is 1. The Morgan fingerprint density at radius 3 is 2.63 bits per heavy atom. The van der Waals surface area contributed by atoms with E-state index in [1.165, 1.54) is 12.1 Å². The van der Waals surface area contributed by atoms with Crippen LogP contribution >= 0.6 is 11.8 Å². The highest BCUT2D eigenvalue weighted by molar-refractivity contribution is 8.18. The first-order valence-corrected chi connectivity index (χ1v) is 10.1. The Kier molecular flexibility index (Phi) is 5.40. The zero-order valence-corrected chi connectivity index (χ0v) is 16.6. The standard InChI is InChI=1S/C20H17N3O6S/c24-18(21-9-3-4-10-21)12-22-19(25)17(30-20(22)26)11-13-7-8-16(29-13)14-5-1-2-6-15(14)23(27)28/h1-2,5-8,11H,3-4,9-10,12H2/b17-11-. The van der Waals surface area contributed by atoms with E-state index in [9.17, 15) is 24.5 Å². The molecule has 30 heavy (non-hydrogen) atoms. The number of nitro benzene ring substituents is 1. The van der Waals surface area contributed by atoms with E-state index in [1.807, 2.05) is 0 Å². The van der Waals surface area contributed by atoms with Gasteiger partial charge in [-0.1, -0.05) is 12.1 Å². The molecule has 0 saturated carbocycles. The van der Waals surface area contributed by atoms with Crippen LogP contribution in [0.2, 0.25) is 0 Å². The minimum atomic E-state index is -0.554. The van der Waals surface area contributed by atoms with Gasteiger partial charge in [-0.2, -0.15) is 0 Å². The number of furan rings is 1. The van der Waals surface area contributed by atoms with Crippen LogP contribution in [0.1, 0.15) is 18.6 Å². The van der Waals surface area contributed by atoms with Gasteiger partial charge in [0.2, 0.25) is 5.91 Å². The van der Waals surface area contributed by atoms with Crippen molar-refractivity contribution in [2.45, 2.75) is 12.8 Å². The van der Waals surface area contributed by atoms with Gasteiger partial charge in [0.25, 0.3) is 16.8 Å². The summed E-state index contributed by atoms with van der Waals surface area (Å²) < 4.78 is 5.65. The fraction of sp³-hybridized carbons (Fsp3) is 0.250. The fourth-order valence-corrected chi connectivity index (χ4v) is 4.20. The van der Waals surface area contributed by atoms with Gasteiger partial charge in [0, 0.05) is 25.2 Å². The van der Waals surface area contributed by atoms with Crippen LogP contribution < -0.4 is 0 Å². The molecule has 2 saturated heterocycles. The lowest BCUT2D eigenvalue weighted by molar-refractivity contribution is -0.384. The number of amides is 3. The molecule has 0 radical (unpaired) electrons. The molecule has 10 heteroatoms. The molecule has 0 spiro atoms. The number of likely N-dealkylation sites (tertiary alicyclic amines) is 1. The van der Waals surface area contributed by atoms with Crippen molar-refractivity contribution < 1.29 is 23.7 Å². The number of carbonyl (C=O) groups is 3. The van der Waals surface area contributed by atoms with Crippen molar-refractivity contribution in [3.8, 4) is 11.3 Å². The van der Waals surface area contributed by atoms with E-state index in [0.29, 0.717) is 18.7 Å². The summed E-state index contributed by atoms with van der Waals surface area (Å²) in [7, 11) is 0. The van der Waals surface area contributed by atoms with E-state index in [0.717, 1.165) is 29.5 Å². The summed E-state index contributed by atoms with van der Waals surface area (Å²) in [5, 5.41) is 10.7. The Bertz CT molecular complexity index is 1070. The van der Waals surface area contributed by atoms with Gasteiger partial charge in [-0.3, -0.25) is 29.4 Å². The Hall–Kier alpha value is -3.40. The highest BCUT2D eigenvalue weighted by Crippen LogP contribution is 2.35. The lowest BCUT2D eigenvalue weighted by atomic mass is 10.1. The van der Waals surface area contributed by atoms with Crippen LogP contribution in [0, 0.1) is 10.1 Å². The van der Waals surface area contributed by atoms with Gasteiger partial charge >= 0.3 is 0 Å². The van der Waals surface area contributed by atoms with Crippen molar-refractivity contribution in [3.05, 3.63) is 57.2 Å². The van der Waals surface area contributed by atoms with Crippen LogP contribution in [0.25, 0.3) is 17.4 Å². The molecule has 2 fully saturated rings. The van der Waals surface area contributed by atoms with Crippen LogP contribution in [-0.4, -0.2) is 51.4 Å². The first kappa shape index (κ1) is 19.9. The summed E-state index contributed by atoms with van der Waals surface area (Å²) in [5.74, 6) is -0.245. The smallest absolute Gasteiger partial charge is 0.294 e. The van der Waals surface area contributed by atoms with Crippen molar-refractivity contribution in [2.75, 3.05) is 19.6 Å². The van der Waals surface area contributed by atoms with Gasteiger partial charge in [0.15, 0.2) is 0 Å². The molecule has 9 nitrogen and oxygen atoms in total. The second-order valence-corrected chi connectivity index (χ2v) is 7.83. The third-order valence-electron chi connectivity index (χ3n) is 4.89. The van der Waals surface area contributed by atoms with E-state index >= 15 is 0 Å². The van der Waals surface area contributed by atoms with E-state index < -0.39 is 16.1 Å². The maximum Gasteiger partial charge on any atom is 0.294 e. The molecule has 3 heterocycles. The lowest BCUT2D eigenvalue weighted by Crippen LogP contribution is -2.40. The molecule has 4 rings (SSSR count). The van der Waals surface area contributed by atoms with Crippen LogP contribution in [-0.2, 0) is 9.59 Å². The normalized spacial score (nSPS) is 17.9. The summed E-state index contributed by atoms with van der Waals surface area (Å²) >= 11 is 0.734. The van der Waals surface area contributed by atoms with Crippen molar-refractivity contribution in [1.82, 2.24) is 9.80 Å². The maximum atomic E-state index is 12.6. The minimum absolute atomic E-state index is 0.0980. The van der Waals surface area contributed by atoms with Crippen LogP contribution in [0.3, 0.4) is 0 Å². The van der Waals surface area contributed by atoms with Gasteiger partial charge in [0.05, 0.1) is 15.4 Å². The zero-order valence-electron chi connectivity index (χ0n) is 15.8. The van der Waals surface area contributed by atoms with Crippen molar-refractivity contribution >= 4 is 40.6 Å². The molecular weight excluding hydrogens is 410 g/mol. The molecule has 0 unspecified atom stereocenters. The summed E-state index contributed by atoms with van der Waals surface area (Å²) in [6.45, 7) is 1.01. The molecule has 1 aromatic heterocycles. The van der Waals surface area contributed by atoms with Crippen LogP contribution in [0.15, 0.2) is 45.7 Å². The number of hydrogen-bond donors (Lipinski definition) is 0. The highest BCUT2D eigenvalue weighted by Gasteiger charge is 2.37. The van der Waals surface area contributed by atoms with E-state index in [1.54, 1.807) is 35.2 Å². The first-order valence-electron chi connectivity index (χ1n) is 9.31. The summed E-state index contributed by atoms with van der Waals surface area (Å²) in [6, 6.07) is 9.29. The van der Waals surface area contributed by atoms with Crippen molar-refractivity contribution in [1.29, 1.82) is 0 Å². The molecule has 0 aliphatic carbocycles. The Morgan fingerprint density at radius 1 is 1.17 bits per heavy atom. The number of nitrogens with zero attached hydrogens (tertiary/aromatic N) is 3. The Balaban J connectivity index is 1.52. The van der Waals surface area contributed by atoms with Crippen molar-refractivity contribution in [2.24, 2.45) is 0 Å². The molecule has 2 aromatic rings. The largest absolute Gasteiger partial charge is 0.456 e. The van der Waals surface area contributed by atoms with Crippen LogP contribution in [0.5, 0.6) is 0 Å². The van der Waals surface area contributed by atoms with Crippen molar-refractivity contribution in [3.63, 3.8) is 0 Å². The predicted octanol–water partition coefficient (Wildman–Crippen LogP) is 3.51. The van der Waals surface area contributed by atoms with E-state index in [-0.39, 0.29) is 34.6 Å². The zero-order chi connectivity index (χ0) is 21.3. The predicted molar refractivity (Wildman–Crippen MR) is 109 cm³/mol. The second-order valence-electron chi connectivity index (χ2n) is 6.83. The molecule has 2 aliphatic heterocycles. The quantitative estimate of drug-likeness (QED) is 0.407. The SMILES string of the molecule is O=C(CN1C(=O)S/C(=C\c2ccc(-c3ccccc3[N+](=O)[O-])o2)C1=O)N1CCCC1. The molecule has 154 valence electrons. The minimum Gasteiger partial charge on any atom is -0.456 e. The second kappa shape index (κ2) is 8.15. The topological polar surface area (TPSA) is 114 Å². The summed E-state index contributed by atoms with van der Waals surface area (Å²) in [5.41, 5.74) is 0.214. The average Bonchev–Trinajstić information content (AvgIpc) is 3.47. The van der Waals surface area contributed by atoms with Gasteiger partial charge in [0.1, 0.15) is 18.1 Å². The Labute approximate surface area is 175 Å². The number of para-hydroxylation sites is 1. The first-order chi connectivity index (χ1) is 14.4. The maximum absolute atomic E-state index is 12.6. The molecule has 0 atom stereocenters. The number of rotatable bonds is 5. The molecule has 0 bridgehead atoms. The van der Waals surface area contributed by atoms with E-state index in [2.05, 4.69) is 0 Å². The number of imide groups is 1.